The topological polar surface area (TPSA) is 74.6 Å². The number of aliphatic carboxylic acids is 2. The Bertz CT molecular complexity index is 367. The average molecular weight is 371 g/mol. The van der Waals surface area contributed by atoms with Crippen molar-refractivity contribution in [1.82, 2.24) is 0 Å². The van der Waals surface area contributed by atoms with Crippen LogP contribution in [0.2, 0.25) is 0 Å². The van der Waals surface area contributed by atoms with Crippen molar-refractivity contribution in [3.05, 3.63) is 0 Å². The molecule has 0 saturated carbocycles. The molecule has 0 rings (SSSR count). The third-order valence-corrected chi connectivity index (χ3v) is 5.52. The Labute approximate surface area is 160 Å². The van der Waals surface area contributed by atoms with Crippen LogP contribution in [0.1, 0.15) is 123 Å². The van der Waals surface area contributed by atoms with Crippen LogP contribution in [0.3, 0.4) is 0 Å². The lowest BCUT2D eigenvalue weighted by Gasteiger charge is -2.30. The molecule has 0 aliphatic rings. The van der Waals surface area contributed by atoms with Gasteiger partial charge in [-0.25, -0.2) is 0 Å². The number of rotatable bonds is 19. The smallest absolute Gasteiger partial charge is 0.309 e. The second-order valence-corrected chi connectivity index (χ2v) is 7.87. The quantitative estimate of drug-likeness (QED) is 0.245. The van der Waals surface area contributed by atoms with E-state index >= 15 is 0 Å². The first-order chi connectivity index (χ1) is 12.5. The van der Waals surface area contributed by atoms with Crippen molar-refractivity contribution in [2.45, 2.75) is 123 Å². The third-order valence-electron chi connectivity index (χ3n) is 5.52. The molecule has 4 heteroatoms. The van der Waals surface area contributed by atoms with Gasteiger partial charge in [-0.2, -0.15) is 0 Å². The highest BCUT2D eigenvalue weighted by molar-refractivity contribution is 5.74. The molecular weight excluding hydrogens is 328 g/mol. The van der Waals surface area contributed by atoms with Crippen molar-refractivity contribution in [2.75, 3.05) is 0 Å². The van der Waals surface area contributed by atoms with Gasteiger partial charge in [0.15, 0.2) is 0 Å². The molecular formula is C22H42O4. The first kappa shape index (κ1) is 24.9. The number of carbonyl (C=O) groups is 2. The Morgan fingerprint density at radius 1 is 0.615 bits per heavy atom. The lowest BCUT2D eigenvalue weighted by atomic mass is 9.74. The molecule has 4 nitrogen and oxygen atoms in total. The average Bonchev–Trinajstić information content (AvgIpc) is 2.59. The van der Waals surface area contributed by atoms with Gasteiger partial charge in [0.05, 0.1) is 5.41 Å². The second kappa shape index (κ2) is 16.1. The molecule has 2 N–H and O–H groups in total. The summed E-state index contributed by atoms with van der Waals surface area (Å²) in [5.74, 6) is -1.55. The Balaban J connectivity index is 4.49. The minimum absolute atomic E-state index is 0.0713. The van der Waals surface area contributed by atoms with E-state index in [1.165, 1.54) is 51.4 Å². The number of hydrogen-bond acceptors (Lipinski definition) is 2. The monoisotopic (exact) mass is 370 g/mol. The molecule has 0 aromatic heterocycles. The summed E-state index contributed by atoms with van der Waals surface area (Å²) in [6.45, 7) is 4.38. The van der Waals surface area contributed by atoms with Crippen LogP contribution in [0.15, 0.2) is 0 Å². The maximum Gasteiger partial charge on any atom is 0.309 e. The van der Waals surface area contributed by atoms with Crippen LogP contribution in [0, 0.1) is 5.41 Å². The van der Waals surface area contributed by atoms with Gasteiger partial charge in [-0.3, -0.25) is 9.59 Å². The SMILES string of the molecule is CCCCCCCCCC(CCCCCCC)(CCCC(=O)O)C(=O)O. The van der Waals surface area contributed by atoms with Gasteiger partial charge >= 0.3 is 11.9 Å². The summed E-state index contributed by atoms with van der Waals surface area (Å²) in [6.07, 6.45) is 16.3. The first-order valence-electron chi connectivity index (χ1n) is 10.9. The highest BCUT2D eigenvalue weighted by atomic mass is 16.4. The van der Waals surface area contributed by atoms with E-state index in [0.717, 1.165) is 25.7 Å². The molecule has 0 saturated heterocycles. The Hall–Kier alpha value is -1.06. The molecule has 0 bridgehead atoms. The molecule has 0 aliphatic heterocycles. The van der Waals surface area contributed by atoms with Crippen molar-refractivity contribution in [3.8, 4) is 0 Å². The van der Waals surface area contributed by atoms with Crippen LogP contribution in [0.4, 0.5) is 0 Å². The highest BCUT2D eigenvalue weighted by Gasteiger charge is 2.36. The maximum absolute atomic E-state index is 12.1. The van der Waals surface area contributed by atoms with Gasteiger partial charge < -0.3 is 10.2 Å². The lowest BCUT2D eigenvalue weighted by Crippen LogP contribution is -2.31. The zero-order valence-electron chi connectivity index (χ0n) is 17.2. The third kappa shape index (κ3) is 12.3. The second-order valence-electron chi connectivity index (χ2n) is 7.87. The molecule has 0 amide bonds. The predicted octanol–water partition coefficient (Wildman–Crippen LogP) is 6.81. The summed E-state index contributed by atoms with van der Waals surface area (Å²) in [7, 11) is 0. The molecule has 0 aromatic carbocycles. The molecule has 0 fully saturated rings. The molecule has 0 radical (unpaired) electrons. The van der Waals surface area contributed by atoms with E-state index < -0.39 is 17.4 Å². The molecule has 0 aromatic rings. The fourth-order valence-corrected chi connectivity index (χ4v) is 3.76. The van der Waals surface area contributed by atoms with E-state index in [1.807, 2.05) is 0 Å². The van der Waals surface area contributed by atoms with Crippen molar-refractivity contribution in [2.24, 2.45) is 5.41 Å². The van der Waals surface area contributed by atoms with E-state index in [9.17, 15) is 14.7 Å². The zero-order chi connectivity index (χ0) is 19.7. The zero-order valence-corrected chi connectivity index (χ0v) is 17.2. The molecule has 1 unspecified atom stereocenters. The molecule has 0 heterocycles. The Kier molecular flexibility index (Phi) is 15.5. The normalized spacial score (nSPS) is 13.5. The summed E-state index contributed by atoms with van der Waals surface area (Å²) in [5, 5.41) is 18.8. The molecule has 0 spiro atoms. The summed E-state index contributed by atoms with van der Waals surface area (Å²) < 4.78 is 0. The van der Waals surface area contributed by atoms with E-state index in [-0.39, 0.29) is 6.42 Å². The van der Waals surface area contributed by atoms with Crippen LogP contribution < -0.4 is 0 Å². The van der Waals surface area contributed by atoms with Crippen LogP contribution in [0.5, 0.6) is 0 Å². The summed E-state index contributed by atoms with van der Waals surface area (Å²) >= 11 is 0. The van der Waals surface area contributed by atoms with E-state index in [1.54, 1.807) is 0 Å². The Morgan fingerprint density at radius 2 is 1.00 bits per heavy atom. The van der Waals surface area contributed by atoms with Gasteiger partial charge in [0.25, 0.3) is 0 Å². The van der Waals surface area contributed by atoms with E-state index in [4.69, 9.17) is 5.11 Å². The Morgan fingerprint density at radius 3 is 1.38 bits per heavy atom. The fraction of sp³-hybridized carbons (Fsp3) is 0.909. The first-order valence-corrected chi connectivity index (χ1v) is 10.9. The van der Waals surface area contributed by atoms with Crippen LogP contribution in [0.25, 0.3) is 0 Å². The maximum atomic E-state index is 12.1. The number of unbranched alkanes of at least 4 members (excludes halogenated alkanes) is 10. The van der Waals surface area contributed by atoms with Crippen LogP contribution in [-0.4, -0.2) is 22.2 Å². The van der Waals surface area contributed by atoms with Crippen LogP contribution >= 0.6 is 0 Å². The summed E-state index contributed by atoms with van der Waals surface area (Å²) in [4.78, 5) is 22.9. The van der Waals surface area contributed by atoms with Crippen molar-refractivity contribution >= 4 is 11.9 Å². The number of hydrogen-bond donors (Lipinski definition) is 2. The largest absolute Gasteiger partial charge is 0.481 e. The van der Waals surface area contributed by atoms with Gasteiger partial charge in [-0.15, -0.1) is 0 Å². The fourth-order valence-electron chi connectivity index (χ4n) is 3.76. The van der Waals surface area contributed by atoms with Gasteiger partial charge in [-0.05, 0) is 25.7 Å². The van der Waals surface area contributed by atoms with Crippen molar-refractivity contribution < 1.29 is 19.8 Å². The molecule has 1 atom stereocenters. The standard InChI is InChI=1S/C22H42O4/c1-3-5-7-9-10-12-14-18-22(21(25)26,19-15-16-20(23)24)17-13-11-8-6-4-2/h3-19H2,1-2H3,(H,23,24)(H,25,26). The molecule has 154 valence electrons. The van der Waals surface area contributed by atoms with Gasteiger partial charge in [0.1, 0.15) is 0 Å². The number of carboxylic acid groups (broad SMARTS) is 2. The number of carboxylic acids is 2. The summed E-state index contributed by atoms with van der Waals surface area (Å²) in [6, 6.07) is 0. The van der Waals surface area contributed by atoms with Crippen LogP contribution in [-0.2, 0) is 9.59 Å². The molecule has 26 heavy (non-hydrogen) atoms. The molecule has 0 aliphatic carbocycles. The summed E-state index contributed by atoms with van der Waals surface area (Å²) in [5.41, 5.74) is -0.717. The van der Waals surface area contributed by atoms with Crippen molar-refractivity contribution in [1.29, 1.82) is 0 Å². The minimum atomic E-state index is -0.830. The van der Waals surface area contributed by atoms with Gasteiger partial charge in [0, 0.05) is 6.42 Å². The van der Waals surface area contributed by atoms with E-state index in [2.05, 4.69) is 13.8 Å². The van der Waals surface area contributed by atoms with Crippen molar-refractivity contribution in [3.63, 3.8) is 0 Å². The highest BCUT2D eigenvalue weighted by Crippen LogP contribution is 2.37. The van der Waals surface area contributed by atoms with Gasteiger partial charge in [-0.1, -0.05) is 90.9 Å². The lowest BCUT2D eigenvalue weighted by molar-refractivity contribution is -0.151. The van der Waals surface area contributed by atoms with E-state index in [0.29, 0.717) is 25.7 Å². The predicted molar refractivity (Wildman–Crippen MR) is 108 cm³/mol. The van der Waals surface area contributed by atoms with Gasteiger partial charge in [0.2, 0.25) is 0 Å². The minimum Gasteiger partial charge on any atom is -0.481 e.